The van der Waals surface area contributed by atoms with E-state index in [-0.39, 0.29) is 11.3 Å². The number of rotatable bonds is 5. The molecule has 0 bridgehead atoms. The highest BCUT2D eigenvalue weighted by Gasteiger charge is 2.44. The molecular formula is C15H14F2N2O2. The maximum Gasteiger partial charge on any atom is 0.296 e. The van der Waals surface area contributed by atoms with Crippen LogP contribution in [-0.2, 0) is 16.6 Å². The first-order valence-electron chi connectivity index (χ1n) is 6.81. The number of benzene rings is 1. The van der Waals surface area contributed by atoms with Crippen LogP contribution >= 0.6 is 0 Å². The minimum Gasteiger partial charge on any atom is -0.339 e. The second-order valence-electron chi connectivity index (χ2n) is 5.26. The standard InChI is InChI=1S/C15H14F2N2O2/c16-13(17)11(20)9-12-18-14(19-21-12)15(7-4-8-15)10-5-2-1-3-6-10/h1-3,5-6,13H,4,7-9H2. The minimum absolute atomic E-state index is 0.0440. The number of hydrogen-bond acceptors (Lipinski definition) is 4. The fraction of sp³-hybridized carbons (Fsp3) is 0.400. The number of nitrogens with zero attached hydrogens (tertiary/aromatic N) is 2. The Labute approximate surface area is 120 Å². The highest BCUT2D eigenvalue weighted by Crippen LogP contribution is 2.47. The Kier molecular flexibility index (Phi) is 3.53. The quantitative estimate of drug-likeness (QED) is 0.850. The first-order chi connectivity index (χ1) is 10.1. The van der Waals surface area contributed by atoms with Gasteiger partial charge in [0, 0.05) is 0 Å². The van der Waals surface area contributed by atoms with Crippen molar-refractivity contribution in [3.05, 3.63) is 47.6 Å². The molecule has 1 heterocycles. The third-order valence-corrected chi connectivity index (χ3v) is 4.00. The summed E-state index contributed by atoms with van der Waals surface area (Å²) in [5.74, 6) is -0.762. The van der Waals surface area contributed by atoms with Gasteiger partial charge in [0.25, 0.3) is 6.43 Å². The van der Waals surface area contributed by atoms with Crippen molar-refractivity contribution in [3.63, 3.8) is 0 Å². The van der Waals surface area contributed by atoms with Gasteiger partial charge in [-0.1, -0.05) is 41.9 Å². The fourth-order valence-electron chi connectivity index (χ4n) is 2.68. The third kappa shape index (κ3) is 2.46. The van der Waals surface area contributed by atoms with E-state index in [1.807, 2.05) is 30.3 Å². The number of hydrogen-bond donors (Lipinski definition) is 0. The normalized spacial score (nSPS) is 16.7. The van der Waals surface area contributed by atoms with Crippen LogP contribution in [-0.4, -0.2) is 22.3 Å². The Bertz CT molecular complexity index is 636. The summed E-state index contributed by atoms with van der Waals surface area (Å²) in [6.07, 6.45) is -0.700. The molecule has 1 saturated carbocycles. The van der Waals surface area contributed by atoms with E-state index in [4.69, 9.17) is 4.52 Å². The number of carbonyl (C=O) groups excluding carboxylic acids is 1. The number of ketones is 1. The van der Waals surface area contributed by atoms with Crippen molar-refractivity contribution < 1.29 is 18.1 Å². The summed E-state index contributed by atoms with van der Waals surface area (Å²) in [6.45, 7) is 0. The summed E-state index contributed by atoms with van der Waals surface area (Å²) in [5, 5.41) is 3.92. The molecule has 0 aliphatic heterocycles. The molecule has 0 saturated heterocycles. The van der Waals surface area contributed by atoms with Gasteiger partial charge < -0.3 is 4.52 Å². The summed E-state index contributed by atoms with van der Waals surface area (Å²) in [4.78, 5) is 15.2. The van der Waals surface area contributed by atoms with Gasteiger partial charge in [0.15, 0.2) is 5.82 Å². The van der Waals surface area contributed by atoms with Gasteiger partial charge in [0.1, 0.15) is 0 Å². The van der Waals surface area contributed by atoms with Crippen molar-refractivity contribution in [3.8, 4) is 0 Å². The molecule has 0 atom stereocenters. The number of alkyl halides is 2. The molecule has 0 radical (unpaired) electrons. The lowest BCUT2D eigenvalue weighted by atomic mass is 9.64. The highest BCUT2D eigenvalue weighted by atomic mass is 19.3. The van der Waals surface area contributed by atoms with E-state index in [0.29, 0.717) is 5.82 Å². The Hall–Kier alpha value is -2.11. The average molecular weight is 292 g/mol. The molecule has 1 aliphatic rings. The van der Waals surface area contributed by atoms with Crippen molar-refractivity contribution >= 4 is 5.78 Å². The van der Waals surface area contributed by atoms with Crippen molar-refractivity contribution in [1.82, 2.24) is 10.1 Å². The smallest absolute Gasteiger partial charge is 0.296 e. The zero-order valence-corrected chi connectivity index (χ0v) is 11.3. The predicted octanol–water partition coefficient (Wildman–Crippen LogP) is 2.92. The lowest BCUT2D eigenvalue weighted by Gasteiger charge is -2.39. The van der Waals surface area contributed by atoms with Gasteiger partial charge in [-0.2, -0.15) is 4.98 Å². The van der Waals surface area contributed by atoms with E-state index in [0.717, 1.165) is 24.8 Å². The van der Waals surface area contributed by atoms with E-state index >= 15 is 0 Å². The number of Topliss-reactive ketones (excluding diaryl/α,β-unsaturated/α-hetero) is 1. The SMILES string of the molecule is O=C(Cc1nc(C2(c3ccccc3)CCC2)no1)C(F)F. The monoisotopic (exact) mass is 292 g/mol. The number of carbonyl (C=O) groups is 1. The Balaban J connectivity index is 1.86. The molecule has 1 fully saturated rings. The first kappa shape index (κ1) is 13.9. The molecule has 1 aromatic heterocycles. The molecule has 0 unspecified atom stereocenters. The second kappa shape index (κ2) is 5.35. The predicted molar refractivity (Wildman–Crippen MR) is 70.1 cm³/mol. The zero-order valence-electron chi connectivity index (χ0n) is 11.3. The van der Waals surface area contributed by atoms with Gasteiger partial charge in [-0.3, -0.25) is 4.79 Å². The van der Waals surface area contributed by atoms with Crippen LogP contribution in [0.25, 0.3) is 0 Å². The zero-order chi connectivity index (χ0) is 14.9. The van der Waals surface area contributed by atoms with Crippen LogP contribution in [0, 0.1) is 0 Å². The molecule has 1 aromatic carbocycles. The Morgan fingerprint density at radius 2 is 2.00 bits per heavy atom. The van der Waals surface area contributed by atoms with Crippen LogP contribution in [0.4, 0.5) is 8.78 Å². The maximum atomic E-state index is 12.3. The van der Waals surface area contributed by atoms with Crippen molar-refractivity contribution in [1.29, 1.82) is 0 Å². The van der Waals surface area contributed by atoms with Gasteiger partial charge in [-0.25, -0.2) is 8.78 Å². The molecule has 110 valence electrons. The minimum atomic E-state index is -3.01. The summed E-state index contributed by atoms with van der Waals surface area (Å²) >= 11 is 0. The molecule has 0 N–H and O–H groups in total. The second-order valence-corrected chi connectivity index (χ2v) is 5.26. The topological polar surface area (TPSA) is 56.0 Å². The van der Waals surface area contributed by atoms with Crippen LogP contribution in [0.3, 0.4) is 0 Å². The van der Waals surface area contributed by atoms with Gasteiger partial charge in [0.2, 0.25) is 11.7 Å². The molecule has 6 heteroatoms. The summed E-state index contributed by atoms with van der Waals surface area (Å²) in [6, 6.07) is 9.81. The average Bonchev–Trinajstić information content (AvgIpc) is 2.87. The van der Waals surface area contributed by atoms with Crippen LogP contribution < -0.4 is 0 Å². The number of halogens is 2. The summed E-state index contributed by atoms with van der Waals surface area (Å²) < 4.78 is 29.5. The van der Waals surface area contributed by atoms with Crippen LogP contribution in [0.15, 0.2) is 34.9 Å². The van der Waals surface area contributed by atoms with Crippen molar-refractivity contribution in [2.45, 2.75) is 37.5 Å². The molecule has 3 rings (SSSR count). The van der Waals surface area contributed by atoms with E-state index in [2.05, 4.69) is 10.1 Å². The third-order valence-electron chi connectivity index (χ3n) is 4.00. The van der Waals surface area contributed by atoms with Crippen LogP contribution in [0.5, 0.6) is 0 Å². The molecule has 1 aliphatic carbocycles. The molecular weight excluding hydrogens is 278 g/mol. The van der Waals surface area contributed by atoms with E-state index in [1.165, 1.54) is 0 Å². The maximum absolute atomic E-state index is 12.3. The fourth-order valence-corrected chi connectivity index (χ4v) is 2.68. The molecule has 0 amide bonds. The van der Waals surface area contributed by atoms with E-state index in [1.54, 1.807) is 0 Å². The van der Waals surface area contributed by atoms with Crippen LogP contribution in [0.1, 0.15) is 36.5 Å². The van der Waals surface area contributed by atoms with E-state index in [9.17, 15) is 13.6 Å². The largest absolute Gasteiger partial charge is 0.339 e. The highest BCUT2D eigenvalue weighted by molar-refractivity contribution is 5.82. The molecule has 4 nitrogen and oxygen atoms in total. The lowest BCUT2D eigenvalue weighted by molar-refractivity contribution is -0.129. The first-order valence-corrected chi connectivity index (χ1v) is 6.81. The van der Waals surface area contributed by atoms with E-state index < -0.39 is 18.6 Å². The Morgan fingerprint density at radius 3 is 2.57 bits per heavy atom. The van der Waals surface area contributed by atoms with Crippen molar-refractivity contribution in [2.75, 3.05) is 0 Å². The molecule has 21 heavy (non-hydrogen) atoms. The molecule has 2 aromatic rings. The van der Waals surface area contributed by atoms with Gasteiger partial charge >= 0.3 is 0 Å². The lowest BCUT2D eigenvalue weighted by Crippen LogP contribution is -2.36. The summed E-state index contributed by atoms with van der Waals surface area (Å²) in [5.41, 5.74) is 0.778. The van der Waals surface area contributed by atoms with Gasteiger partial charge in [-0.05, 0) is 18.4 Å². The van der Waals surface area contributed by atoms with Crippen LogP contribution in [0.2, 0.25) is 0 Å². The van der Waals surface area contributed by atoms with Gasteiger partial charge in [-0.15, -0.1) is 0 Å². The summed E-state index contributed by atoms with van der Waals surface area (Å²) in [7, 11) is 0. The Morgan fingerprint density at radius 1 is 1.29 bits per heavy atom. The number of aromatic nitrogens is 2. The van der Waals surface area contributed by atoms with Crippen molar-refractivity contribution in [2.24, 2.45) is 0 Å². The van der Waals surface area contributed by atoms with Gasteiger partial charge in [0.05, 0.1) is 11.8 Å². The molecule has 0 spiro atoms.